The Morgan fingerprint density at radius 1 is 1.38 bits per heavy atom. The Morgan fingerprint density at radius 3 is 2.88 bits per heavy atom. The fraction of sp³-hybridized carbons (Fsp3) is 0.444. The maximum absolute atomic E-state index is 12.9. The molecule has 1 aromatic carbocycles. The summed E-state index contributed by atoms with van der Waals surface area (Å²) in [5.41, 5.74) is 1.30. The Kier molecular flexibility index (Phi) is 4.96. The highest BCUT2D eigenvalue weighted by Crippen LogP contribution is 2.28. The quantitative estimate of drug-likeness (QED) is 0.793. The fourth-order valence-corrected chi connectivity index (χ4v) is 3.68. The number of carbonyl (C=O) groups is 1. The smallest absolute Gasteiger partial charge is 0.255 e. The van der Waals surface area contributed by atoms with Gasteiger partial charge in [-0.2, -0.15) is 0 Å². The average Bonchev–Trinajstić information content (AvgIpc) is 2.97. The highest BCUT2D eigenvalue weighted by molar-refractivity contribution is 7.98. The van der Waals surface area contributed by atoms with Gasteiger partial charge in [0.05, 0.1) is 29.2 Å². The van der Waals surface area contributed by atoms with Crippen molar-refractivity contribution in [2.45, 2.75) is 37.0 Å². The third kappa shape index (κ3) is 3.99. The largest absolute Gasteiger partial charge is 0.372 e. The molecule has 24 heavy (non-hydrogen) atoms. The van der Waals surface area contributed by atoms with Crippen LogP contribution in [0.1, 0.15) is 35.7 Å². The summed E-state index contributed by atoms with van der Waals surface area (Å²) in [6.07, 6.45) is 0. The van der Waals surface area contributed by atoms with Crippen LogP contribution in [0, 0.1) is 6.92 Å². The van der Waals surface area contributed by atoms with Crippen LogP contribution in [0.25, 0.3) is 0 Å². The second kappa shape index (κ2) is 6.99. The van der Waals surface area contributed by atoms with Crippen LogP contribution in [0.15, 0.2) is 39.8 Å². The fourth-order valence-electron chi connectivity index (χ4n) is 2.76. The maximum Gasteiger partial charge on any atom is 0.255 e. The summed E-state index contributed by atoms with van der Waals surface area (Å²) in [5.74, 6) is 1.52. The van der Waals surface area contributed by atoms with Gasteiger partial charge in [-0.1, -0.05) is 17.3 Å². The van der Waals surface area contributed by atoms with Crippen LogP contribution in [-0.2, 0) is 10.5 Å². The van der Waals surface area contributed by atoms with Crippen molar-refractivity contribution in [2.24, 2.45) is 0 Å². The van der Waals surface area contributed by atoms with Crippen molar-refractivity contribution >= 4 is 17.7 Å². The Morgan fingerprint density at radius 2 is 2.17 bits per heavy atom. The van der Waals surface area contributed by atoms with Crippen molar-refractivity contribution in [3.05, 3.63) is 47.3 Å². The molecule has 0 N–H and O–H groups in total. The first-order valence-corrected chi connectivity index (χ1v) is 9.00. The first-order valence-electron chi connectivity index (χ1n) is 8.02. The van der Waals surface area contributed by atoms with Gasteiger partial charge in [0.15, 0.2) is 0 Å². The van der Waals surface area contributed by atoms with Crippen LogP contribution in [0.5, 0.6) is 0 Å². The lowest BCUT2D eigenvalue weighted by Crippen LogP contribution is -2.50. The number of ether oxygens (including phenoxy) is 1. The number of thioether (sulfide) groups is 1. The van der Waals surface area contributed by atoms with Gasteiger partial charge in [0, 0.05) is 24.1 Å². The molecule has 1 fully saturated rings. The molecular formula is C18H22N2O3S. The number of amides is 1. The first-order chi connectivity index (χ1) is 11.4. The lowest BCUT2D eigenvalue weighted by atomic mass is 10.1. The Balaban J connectivity index is 1.74. The number of aryl methyl sites for hydroxylation is 1. The van der Waals surface area contributed by atoms with Crippen molar-refractivity contribution in [1.82, 2.24) is 10.1 Å². The van der Waals surface area contributed by atoms with Gasteiger partial charge >= 0.3 is 0 Å². The Labute approximate surface area is 146 Å². The average molecular weight is 346 g/mol. The van der Waals surface area contributed by atoms with Gasteiger partial charge in [-0.3, -0.25) is 4.79 Å². The van der Waals surface area contributed by atoms with Gasteiger partial charge in [-0.25, -0.2) is 0 Å². The van der Waals surface area contributed by atoms with Crippen LogP contribution in [0.2, 0.25) is 0 Å². The van der Waals surface area contributed by atoms with E-state index in [2.05, 4.69) is 5.16 Å². The molecule has 6 heteroatoms. The summed E-state index contributed by atoms with van der Waals surface area (Å²) >= 11 is 1.59. The molecule has 0 atom stereocenters. The van der Waals surface area contributed by atoms with E-state index < -0.39 is 0 Å². The van der Waals surface area contributed by atoms with E-state index in [9.17, 15) is 4.79 Å². The number of benzene rings is 1. The third-order valence-corrected chi connectivity index (χ3v) is 4.97. The number of hydrogen-bond donors (Lipinski definition) is 0. The zero-order valence-corrected chi connectivity index (χ0v) is 15.1. The van der Waals surface area contributed by atoms with Gasteiger partial charge < -0.3 is 14.2 Å². The number of aromatic nitrogens is 1. The zero-order valence-electron chi connectivity index (χ0n) is 14.2. The molecular weight excluding hydrogens is 324 g/mol. The molecule has 5 nitrogen and oxygen atoms in total. The second-order valence-electron chi connectivity index (χ2n) is 6.55. The molecule has 0 spiro atoms. The molecule has 0 saturated carbocycles. The van der Waals surface area contributed by atoms with E-state index >= 15 is 0 Å². The minimum atomic E-state index is -0.298. The Hall–Kier alpha value is -1.79. The SMILES string of the molecule is Cc1cc(CSc2ccccc2C(=O)N2CCOC(C)(C)C2)on1. The van der Waals surface area contributed by atoms with E-state index in [-0.39, 0.29) is 11.5 Å². The minimum Gasteiger partial charge on any atom is -0.372 e. The van der Waals surface area contributed by atoms with Gasteiger partial charge in [0.2, 0.25) is 0 Å². The summed E-state index contributed by atoms with van der Waals surface area (Å²) in [6, 6.07) is 9.64. The predicted molar refractivity (Wildman–Crippen MR) is 93.2 cm³/mol. The molecule has 1 amide bonds. The normalized spacial score (nSPS) is 17.0. The highest BCUT2D eigenvalue weighted by atomic mass is 32.2. The van der Waals surface area contributed by atoms with Gasteiger partial charge in [-0.15, -0.1) is 11.8 Å². The monoisotopic (exact) mass is 346 g/mol. The molecule has 1 aliphatic rings. The zero-order chi connectivity index (χ0) is 17.2. The van der Waals surface area contributed by atoms with Crippen molar-refractivity contribution in [1.29, 1.82) is 0 Å². The number of rotatable bonds is 4. The van der Waals surface area contributed by atoms with Crippen LogP contribution in [0.4, 0.5) is 0 Å². The molecule has 128 valence electrons. The molecule has 0 unspecified atom stereocenters. The predicted octanol–water partition coefficient (Wildman–Crippen LogP) is 3.53. The summed E-state index contributed by atoms with van der Waals surface area (Å²) in [4.78, 5) is 15.8. The Bertz CT molecular complexity index is 727. The molecule has 2 aromatic rings. The molecule has 0 aliphatic carbocycles. The molecule has 1 aromatic heterocycles. The number of carbonyl (C=O) groups excluding carboxylic acids is 1. The van der Waals surface area contributed by atoms with E-state index in [4.69, 9.17) is 9.26 Å². The first kappa shape index (κ1) is 17.0. The van der Waals surface area contributed by atoms with Crippen molar-refractivity contribution in [3.63, 3.8) is 0 Å². The van der Waals surface area contributed by atoms with Crippen LogP contribution in [0.3, 0.4) is 0 Å². The second-order valence-corrected chi connectivity index (χ2v) is 7.57. The molecule has 0 radical (unpaired) electrons. The van der Waals surface area contributed by atoms with Crippen molar-refractivity contribution in [2.75, 3.05) is 19.7 Å². The van der Waals surface area contributed by atoms with E-state index in [1.54, 1.807) is 11.8 Å². The number of nitrogens with zero attached hydrogens (tertiary/aromatic N) is 2. The number of morpholine rings is 1. The minimum absolute atomic E-state index is 0.0585. The van der Waals surface area contributed by atoms with Gasteiger partial charge in [0.1, 0.15) is 5.76 Å². The summed E-state index contributed by atoms with van der Waals surface area (Å²) < 4.78 is 10.9. The van der Waals surface area contributed by atoms with Gasteiger partial charge in [-0.05, 0) is 32.9 Å². The third-order valence-electron chi connectivity index (χ3n) is 3.88. The van der Waals surface area contributed by atoms with E-state index in [0.29, 0.717) is 25.4 Å². The van der Waals surface area contributed by atoms with E-state index in [0.717, 1.165) is 21.9 Å². The van der Waals surface area contributed by atoms with E-state index in [1.807, 2.05) is 56.0 Å². The topological polar surface area (TPSA) is 55.6 Å². The van der Waals surface area contributed by atoms with Crippen LogP contribution < -0.4 is 0 Å². The standard InChI is InChI=1S/C18H22N2O3S/c1-13-10-14(23-19-13)11-24-16-7-5-4-6-15(16)17(21)20-8-9-22-18(2,3)12-20/h4-7,10H,8-9,11-12H2,1-3H3. The number of hydrogen-bond acceptors (Lipinski definition) is 5. The highest BCUT2D eigenvalue weighted by Gasteiger charge is 2.31. The lowest BCUT2D eigenvalue weighted by molar-refractivity contribution is -0.0764. The maximum atomic E-state index is 12.9. The van der Waals surface area contributed by atoms with Crippen molar-refractivity contribution in [3.8, 4) is 0 Å². The van der Waals surface area contributed by atoms with Crippen molar-refractivity contribution < 1.29 is 14.1 Å². The van der Waals surface area contributed by atoms with Gasteiger partial charge in [0.25, 0.3) is 5.91 Å². The molecule has 0 bridgehead atoms. The molecule has 3 rings (SSSR count). The van der Waals surface area contributed by atoms with Crippen LogP contribution in [-0.4, -0.2) is 41.3 Å². The summed E-state index contributed by atoms with van der Waals surface area (Å²) in [6.45, 7) is 7.73. The molecule has 2 heterocycles. The lowest BCUT2D eigenvalue weighted by Gasteiger charge is -2.38. The summed E-state index contributed by atoms with van der Waals surface area (Å²) in [5, 5.41) is 3.90. The molecule has 1 aliphatic heterocycles. The van der Waals surface area contributed by atoms with Crippen LogP contribution >= 0.6 is 11.8 Å². The summed E-state index contributed by atoms with van der Waals surface area (Å²) in [7, 11) is 0. The van der Waals surface area contributed by atoms with E-state index in [1.165, 1.54) is 0 Å². The molecule has 1 saturated heterocycles.